The van der Waals surface area contributed by atoms with E-state index in [4.69, 9.17) is 9.79 Å². The highest BCUT2D eigenvalue weighted by Crippen LogP contribution is 2.59. The Hall–Kier alpha value is -4.37. The van der Waals surface area contributed by atoms with E-state index in [0.29, 0.717) is 36.2 Å². The lowest BCUT2D eigenvalue weighted by Crippen LogP contribution is -2.59. The third-order valence-corrected chi connectivity index (χ3v) is 10.8. The molecule has 2 aliphatic heterocycles. The van der Waals surface area contributed by atoms with Crippen LogP contribution in [0.4, 0.5) is 14.5 Å². The molecule has 2 saturated heterocycles. The lowest BCUT2D eigenvalue weighted by Gasteiger charge is -2.38. The molecule has 2 aromatic carbocycles. The van der Waals surface area contributed by atoms with Gasteiger partial charge in [-0.3, -0.25) is 23.7 Å². The van der Waals surface area contributed by atoms with Crippen molar-refractivity contribution in [3.8, 4) is 0 Å². The van der Waals surface area contributed by atoms with Crippen molar-refractivity contribution in [1.82, 2.24) is 25.1 Å². The van der Waals surface area contributed by atoms with Gasteiger partial charge in [-0.2, -0.15) is 8.78 Å². The van der Waals surface area contributed by atoms with Crippen LogP contribution in [0.25, 0.3) is 21.0 Å². The largest absolute Gasteiger partial charge is 0.399 e. The van der Waals surface area contributed by atoms with E-state index in [-0.39, 0.29) is 41.1 Å². The molecule has 17 heteroatoms. The van der Waals surface area contributed by atoms with E-state index in [1.165, 1.54) is 30.3 Å². The number of amides is 4. The summed E-state index contributed by atoms with van der Waals surface area (Å²) in [5, 5.41) is 6.50. The quantitative estimate of drug-likeness (QED) is 0.209. The summed E-state index contributed by atoms with van der Waals surface area (Å²) in [4.78, 5) is 82.8. The molecule has 2 fully saturated rings. The van der Waals surface area contributed by atoms with Gasteiger partial charge in [-0.15, -0.1) is 11.3 Å². The molecule has 0 bridgehead atoms. The van der Waals surface area contributed by atoms with Crippen LogP contribution in [0.5, 0.6) is 0 Å². The number of benzene rings is 2. The predicted molar refractivity (Wildman–Crippen MR) is 172 cm³/mol. The number of hydrogen-bond acceptors (Lipinski definition) is 8. The molecule has 3 atom stereocenters. The Bertz CT molecular complexity index is 1990. The Morgan fingerprint density at radius 1 is 1.08 bits per heavy atom. The summed E-state index contributed by atoms with van der Waals surface area (Å²) in [7, 11) is -5.80. The number of aromatic nitrogens is 2. The van der Waals surface area contributed by atoms with Gasteiger partial charge < -0.3 is 30.2 Å². The maximum atomic E-state index is 14.3. The number of carbonyl (C=O) groups excluding carboxylic acids is 4. The van der Waals surface area contributed by atoms with E-state index in [9.17, 15) is 32.5 Å². The van der Waals surface area contributed by atoms with Gasteiger partial charge in [-0.1, -0.05) is 6.07 Å². The monoisotopic (exact) mass is 700 g/mol. The standard InChI is InChI=1S/C31H31F2N6O7PS/c1-17(40)38-9-8-22-4-5-23(13-28(41)36-21-3-6-24-19(11-21)14-34-16-35-24)39(22)30(43)25(15-38)37-29(42)27-12-18-10-20(2-7-26(18)48-27)31(32,33)47(44,45)46/h2-3,6-7,10-12,14,16,22-23,25H,4-5,8-9,13,15H2,1H3,(H,36,41)(H,37,42)(H2,44,45,46)/t22-,23+,25+/m1/s1. The number of carbonyl (C=O) groups is 4. The Balaban J connectivity index is 1.20. The van der Waals surface area contributed by atoms with E-state index in [1.54, 1.807) is 29.3 Å². The third kappa shape index (κ3) is 6.65. The molecule has 4 heterocycles. The highest BCUT2D eigenvalue weighted by Gasteiger charge is 2.50. The molecule has 4 N–H and O–H groups in total. The fourth-order valence-electron chi connectivity index (χ4n) is 6.30. The minimum absolute atomic E-state index is 0.0144. The Labute approximate surface area is 276 Å². The normalized spacial score (nSPS) is 20.4. The topological polar surface area (TPSA) is 182 Å². The zero-order valence-corrected chi connectivity index (χ0v) is 27.2. The van der Waals surface area contributed by atoms with Gasteiger partial charge in [0.1, 0.15) is 12.4 Å². The van der Waals surface area contributed by atoms with Gasteiger partial charge in [-0.05, 0) is 61.0 Å². The SMILES string of the molecule is CC(=O)N1CC[C@H]2CC[C@@H](CC(=O)Nc3ccc4ncncc4c3)N2C(=O)[C@@H](NC(=O)c2cc3cc(C(F)(F)P(=O)(O)O)ccc3s2)C1. The number of thiophene rings is 1. The Morgan fingerprint density at radius 3 is 2.62 bits per heavy atom. The number of nitrogens with one attached hydrogen (secondary N) is 2. The second kappa shape index (κ2) is 12.9. The molecular weight excluding hydrogens is 669 g/mol. The van der Waals surface area contributed by atoms with Gasteiger partial charge in [0.05, 0.1) is 10.4 Å². The first-order valence-corrected chi connectivity index (χ1v) is 17.5. The van der Waals surface area contributed by atoms with Gasteiger partial charge in [0.25, 0.3) is 5.91 Å². The highest BCUT2D eigenvalue weighted by molar-refractivity contribution is 7.52. The summed E-state index contributed by atoms with van der Waals surface area (Å²) in [5.74, 6) is -1.70. The van der Waals surface area contributed by atoms with E-state index >= 15 is 0 Å². The second-order valence-electron chi connectivity index (χ2n) is 11.9. The number of anilines is 1. The number of hydrogen-bond donors (Lipinski definition) is 4. The third-order valence-electron chi connectivity index (χ3n) is 8.72. The maximum Gasteiger partial charge on any atom is 0.399 e. The zero-order valence-electron chi connectivity index (χ0n) is 25.5. The van der Waals surface area contributed by atoms with Crippen LogP contribution in [-0.2, 0) is 24.6 Å². The van der Waals surface area contributed by atoms with Gasteiger partial charge in [-0.25, -0.2) is 9.97 Å². The van der Waals surface area contributed by atoms with Crippen molar-refractivity contribution in [1.29, 1.82) is 0 Å². The second-order valence-corrected chi connectivity index (χ2v) is 14.6. The van der Waals surface area contributed by atoms with E-state index in [0.717, 1.165) is 34.4 Å². The van der Waals surface area contributed by atoms with Crippen LogP contribution in [0.2, 0.25) is 0 Å². The summed E-state index contributed by atoms with van der Waals surface area (Å²) in [5.41, 5.74) is -4.04. The fraction of sp³-hybridized carbons (Fsp3) is 0.355. The van der Waals surface area contributed by atoms with E-state index < -0.39 is 42.7 Å². The fourth-order valence-corrected chi connectivity index (χ4v) is 7.72. The molecule has 2 aromatic heterocycles. The van der Waals surface area contributed by atoms with Gasteiger partial charge >= 0.3 is 13.3 Å². The van der Waals surface area contributed by atoms with E-state index in [2.05, 4.69) is 20.6 Å². The average molecular weight is 701 g/mol. The summed E-state index contributed by atoms with van der Waals surface area (Å²) < 4.78 is 40.4. The molecule has 0 radical (unpaired) electrons. The number of rotatable bonds is 7. The van der Waals surface area contributed by atoms with Crippen molar-refractivity contribution in [2.75, 3.05) is 18.4 Å². The van der Waals surface area contributed by atoms with Crippen LogP contribution in [0.3, 0.4) is 0 Å². The predicted octanol–water partition coefficient (Wildman–Crippen LogP) is 3.81. The molecule has 0 spiro atoms. The summed E-state index contributed by atoms with van der Waals surface area (Å²) >= 11 is 0.951. The number of fused-ring (bicyclic) bond motifs is 3. The van der Waals surface area contributed by atoms with Crippen LogP contribution >= 0.6 is 18.9 Å². The molecule has 13 nitrogen and oxygen atoms in total. The lowest BCUT2D eigenvalue weighted by molar-refractivity contribution is -0.140. The van der Waals surface area contributed by atoms with Crippen molar-refractivity contribution < 1.29 is 42.3 Å². The molecule has 6 rings (SSSR count). The lowest BCUT2D eigenvalue weighted by atomic mass is 10.1. The molecule has 4 aromatic rings. The summed E-state index contributed by atoms with van der Waals surface area (Å²) in [6, 6.07) is 7.73. The number of alkyl halides is 2. The summed E-state index contributed by atoms with van der Waals surface area (Å²) in [6.07, 6.45) is 4.75. The molecule has 4 amide bonds. The van der Waals surface area contributed by atoms with Crippen LogP contribution in [0.15, 0.2) is 55.0 Å². The minimum Gasteiger partial charge on any atom is -0.340 e. The summed E-state index contributed by atoms with van der Waals surface area (Å²) in [6.45, 7) is 1.61. The number of nitrogens with zero attached hydrogens (tertiary/aromatic N) is 4. The molecular formula is C31H31F2N6O7PS. The van der Waals surface area contributed by atoms with Crippen LogP contribution in [-0.4, -0.2) is 84.4 Å². The molecule has 2 aliphatic rings. The van der Waals surface area contributed by atoms with Crippen LogP contribution in [0.1, 0.15) is 47.8 Å². The van der Waals surface area contributed by atoms with Crippen molar-refractivity contribution in [3.63, 3.8) is 0 Å². The Kier molecular flexibility index (Phi) is 9.02. The van der Waals surface area contributed by atoms with Crippen molar-refractivity contribution >= 4 is 69.2 Å². The molecule has 48 heavy (non-hydrogen) atoms. The number of halogens is 2. The van der Waals surface area contributed by atoms with Gasteiger partial charge in [0, 0.05) is 66.1 Å². The smallest absolute Gasteiger partial charge is 0.340 e. The average Bonchev–Trinajstić information content (AvgIpc) is 3.64. The Morgan fingerprint density at radius 2 is 1.88 bits per heavy atom. The van der Waals surface area contributed by atoms with Gasteiger partial charge in [0.15, 0.2) is 0 Å². The molecule has 0 unspecified atom stereocenters. The van der Waals surface area contributed by atoms with Gasteiger partial charge in [0.2, 0.25) is 17.7 Å². The van der Waals surface area contributed by atoms with Crippen LogP contribution in [0, 0.1) is 0 Å². The first-order valence-electron chi connectivity index (χ1n) is 15.1. The highest BCUT2D eigenvalue weighted by atomic mass is 32.1. The zero-order chi connectivity index (χ0) is 34.4. The molecule has 0 saturated carbocycles. The maximum absolute atomic E-state index is 14.3. The van der Waals surface area contributed by atoms with Crippen LogP contribution < -0.4 is 10.6 Å². The van der Waals surface area contributed by atoms with Crippen molar-refractivity contribution in [2.45, 2.75) is 56.4 Å². The van der Waals surface area contributed by atoms with Crippen molar-refractivity contribution in [3.05, 3.63) is 65.4 Å². The molecule has 0 aliphatic carbocycles. The minimum atomic E-state index is -5.80. The molecule has 252 valence electrons. The van der Waals surface area contributed by atoms with Crippen molar-refractivity contribution in [2.24, 2.45) is 0 Å². The first kappa shape index (κ1) is 33.5. The van der Waals surface area contributed by atoms with E-state index in [1.807, 2.05) is 0 Å². The first-order chi connectivity index (χ1) is 22.7.